The fraction of sp³-hybridized carbons (Fsp3) is 0.727. The summed E-state index contributed by atoms with van der Waals surface area (Å²) in [4.78, 5) is 0. The predicted molar refractivity (Wildman–Crippen MR) is 56.4 cm³/mol. The number of nitrogens with zero attached hydrogens (tertiary/aromatic N) is 1. The highest BCUT2D eigenvalue weighted by atomic mass is 14.8. The Hall–Kier alpha value is -0.810. The maximum Gasteiger partial charge on any atom is 0.0635 e. The second-order valence-corrected chi connectivity index (χ2v) is 3.06. The molecule has 0 saturated carbocycles. The van der Waals surface area contributed by atoms with Crippen LogP contribution in [0.1, 0.15) is 39.0 Å². The van der Waals surface area contributed by atoms with Crippen molar-refractivity contribution in [2.75, 3.05) is 13.1 Å². The minimum atomic E-state index is 0.611. The zero-order chi connectivity index (χ0) is 9.78. The lowest BCUT2D eigenvalue weighted by Crippen LogP contribution is -2.15. The number of unbranched alkanes of at least 4 members (excludes halogenated alkanes) is 2. The summed E-state index contributed by atoms with van der Waals surface area (Å²) in [5.41, 5.74) is 0. The van der Waals surface area contributed by atoms with Gasteiger partial charge in [-0.1, -0.05) is 31.9 Å². The Labute approximate surface area is 81.6 Å². The van der Waals surface area contributed by atoms with Crippen LogP contribution in [0.5, 0.6) is 0 Å². The molecule has 74 valence electrons. The summed E-state index contributed by atoms with van der Waals surface area (Å²) in [5, 5.41) is 11.5. The van der Waals surface area contributed by atoms with Gasteiger partial charge >= 0.3 is 0 Å². The molecule has 0 aliphatic rings. The summed E-state index contributed by atoms with van der Waals surface area (Å²) in [5.74, 6) is 0. The van der Waals surface area contributed by atoms with E-state index in [0.717, 1.165) is 19.5 Å². The largest absolute Gasteiger partial charge is 0.315 e. The van der Waals surface area contributed by atoms with E-state index in [1.165, 1.54) is 19.3 Å². The van der Waals surface area contributed by atoms with Gasteiger partial charge in [0.15, 0.2) is 0 Å². The van der Waals surface area contributed by atoms with Crippen LogP contribution in [0, 0.1) is 11.3 Å². The van der Waals surface area contributed by atoms with Gasteiger partial charge in [-0.05, 0) is 19.4 Å². The van der Waals surface area contributed by atoms with Crippen molar-refractivity contribution in [1.82, 2.24) is 5.32 Å². The van der Waals surface area contributed by atoms with Crippen LogP contribution < -0.4 is 5.32 Å². The van der Waals surface area contributed by atoms with Gasteiger partial charge in [0.2, 0.25) is 0 Å². The highest BCUT2D eigenvalue weighted by molar-refractivity contribution is 4.82. The molecule has 0 aliphatic heterocycles. The Morgan fingerprint density at radius 1 is 1.23 bits per heavy atom. The predicted octanol–water partition coefficient (Wildman–Crippen LogP) is 2.63. The quantitative estimate of drug-likeness (QED) is 0.460. The van der Waals surface area contributed by atoms with Crippen LogP contribution in [0.3, 0.4) is 0 Å². The molecule has 0 aliphatic carbocycles. The Balaban J connectivity index is 2.98. The van der Waals surface area contributed by atoms with Crippen LogP contribution in [0.15, 0.2) is 12.2 Å². The molecule has 2 heteroatoms. The first-order valence-corrected chi connectivity index (χ1v) is 5.14. The molecule has 0 atom stereocenters. The van der Waals surface area contributed by atoms with E-state index < -0.39 is 0 Å². The molecule has 2 nitrogen and oxygen atoms in total. The first-order valence-electron chi connectivity index (χ1n) is 5.14. The minimum absolute atomic E-state index is 0.611. The van der Waals surface area contributed by atoms with E-state index in [-0.39, 0.29) is 0 Å². The molecule has 0 amide bonds. The second kappa shape index (κ2) is 11.2. The Morgan fingerprint density at radius 3 is 2.69 bits per heavy atom. The first kappa shape index (κ1) is 12.2. The molecule has 0 radical (unpaired) electrons. The summed E-state index contributed by atoms with van der Waals surface area (Å²) in [6.07, 6.45) is 9.91. The van der Waals surface area contributed by atoms with E-state index in [0.29, 0.717) is 6.42 Å². The number of allylic oxidation sites excluding steroid dienone is 1. The minimum Gasteiger partial charge on any atom is -0.315 e. The van der Waals surface area contributed by atoms with Crippen molar-refractivity contribution >= 4 is 0 Å². The molecule has 0 unspecified atom stereocenters. The van der Waals surface area contributed by atoms with Gasteiger partial charge in [-0.15, -0.1) is 0 Å². The molecule has 0 saturated heterocycles. The highest BCUT2D eigenvalue weighted by Gasteiger charge is 1.83. The standard InChI is InChI=1S/C11H20N2/c1-2-3-4-5-6-7-10-13-11-8-9-12/h5-6,13H,2-4,7-8,10-11H2,1H3/b6-5+. The molecule has 13 heavy (non-hydrogen) atoms. The van der Waals surface area contributed by atoms with Crippen LogP contribution >= 0.6 is 0 Å². The van der Waals surface area contributed by atoms with E-state index in [1.54, 1.807) is 0 Å². The summed E-state index contributed by atoms with van der Waals surface area (Å²) in [7, 11) is 0. The Morgan fingerprint density at radius 2 is 2.00 bits per heavy atom. The van der Waals surface area contributed by atoms with E-state index in [4.69, 9.17) is 5.26 Å². The molecular formula is C11H20N2. The zero-order valence-corrected chi connectivity index (χ0v) is 8.55. The van der Waals surface area contributed by atoms with Gasteiger partial charge in [0.1, 0.15) is 0 Å². The van der Waals surface area contributed by atoms with Crippen LogP contribution in [0.2, 0.25) is 0 Å². The fourth-order valence-corrected chi connectivity index (χ4v) is 1.01. The number of rotatable bonds is 8. The lowest BCUT2D eigenvalue weighted by Gasteiger charge is -1.97. The molecule has 1 N–H and O–H groups in total. The number of nitrogens with one attached hydrogen (secondary N) is 1. The van der Waals surface area contributed by atoms with Crippen molar-refractivity contribution in [3.8, 4) is 6.07 Å². The SMILES string of the molecule is CCCC/C=C/CCNCCC#N. The third-order valence-electron chi connectivity index (χ3n) is 1.79. The van der Waals surface area contributed by atoms with Crippen molar-refractivity contribution in [1.29, 1.82) is 5.26 Å². The molecule has 0 bridgehead atoms. The van der Waals surface area contributed by atoms with Gasteiger partial charge in [-0.25, -0.2) is 0 Å². The van der Waals surface area contributed by atoms with Gasteiger partial charge in [0.05, 0.1) is 6.07 Å². The summed E-state index contributed by atoms with van der Waals surface area (Å²) < 4.78 is 0. The molecule has 0 aromatic carbocycles. The van der Waals surface area contributed by atoms with Crippen molar-refractivity contribution in [2.45, 2.75) is 39.0 Å². The van der Waals surface area contributed by atoms with Gasteiger partial charge < -0.3 is 5.32 Å². The van der Waals surface area contributed by atoms with Crippen molar-refractivity contribution in [2.24, 2.45) is 0 Å². The van der Waals surface area contributed by atoms with Crippen LogP contribution in [0.4, 0.5) is 0 Å². The van der Waals surface area contributed by atoms with Gasteiger partial charge in [-0.3, -0.25) is 0 Å². The molecule has 0 heterocycles. The molecule has 0 fully saturated rings. The van der Waals surface area contributed by atoms with Crippen LogP contribution in [-0.2, 0) is 0 Å². The van der Waals surface area contributed by atoms with E-state index in [2.05, 4.69) is 30.5 Å². The smallest absolute Gasteiger partial charge is 0.0635 e. The topological polar surface area (TPSA) is 35.8 Å². The lowest BCUT2D eigenvalue weighted by molar-refractivity contribution is 0.699. The Kier molecular flexibility index (Phi) is 10.5. The third kappa shape index (κ3) is 11.2. The molecule has 0 spiro atoms. The average molecular weight is 180 g/mol. The van der Waals surface area contributed by atoms with Crippen molar-refractivity contribution in [3.05, 3.63) is 12.2 Å². The van der Waals surface area contributed by atoms with Crippen LogP contribution in [-0.4, -0.2) is 13.1 Å². The van der Waals surface area contributed by atoms with Crippen molar-refractivity contribution in [3.63, 3.8) is 0 Å². The second-order valence-electron chi connectivity index (χ2n) is 3.06. The van der Waals surface area contributed by atoms with E-state index in [9.17, 15) is 0 Å². The number of hydrogen-bond acceptors (Lipinski definition) is 2. The van der Waals surface area contributed by atoms with Gasteiger partial charge in [0.25, 0.3) is 0 Å². The normalized spacial score (nSPS) is 10.5. The average Bonchev–Trinajstić information content (AvgIpc) is 2.16. The first-order chi connectivity index (χ1) is 6.41. The summed E-state index contributed by atoms with van der Waals surface area (Å²) >= 11 is 0. The Bertz CT molecular complexity index is 156. The number of nitriles is 1. The number of hydrogen-bond donors (Lipinski definition) is 1. The maximum atomic E-state index is 8.26. The van der Waals surface area contributed by atoms with Gasteiger partial charge in [0, 0.05) is 13.0 Å². The third-order valence-corrected chi connectivity index (χ3v) is 1.79. The molecule has 0 aromatic rings. The van der Waals surface area contributed by atoms with Gasteiger partial charge in [-0.2, -0.15) is 5.26 Å². The maximum absolute atomic E-state index is 8.26. The monoisotopic (exact) mass is 180 g/mol. The molecule has 0 aromatic heterocycles. The fourth-order valence-electron chi connectivity index (χ4n) is 1.01. The van der Waals surface area contributed by atoms with Crippen molar-refractivity contribution < 1.29 is 0 Å². The molecular weight excluding hydrogens is 160 g/mol. The summed E-state index contributed by atoms with van der Waals surface area (Å²) in [6, 6.07) is 2.11. The van der Waals surface area contributed by atoms with E-state index >= 15 is 0 Å². The zero-order valence-electron chi connectivity index (χ0n) is 8.55. The lowest BCUT2D eigenvalue weighted by atomic mass is 10.2. The molecule has 0 rings (SSSR count). The summed E-state index contributed by atoms with van der Waals surface area (Å²) in [6.45, 7) is 4.01. The highest BCUT2D eigenvalue weighted by Crippen LogP contribution is 1.95. The van der Waals surface area contributed by atoms with E-state index in [1.807, 2.05) is 0 Å². The van der Waals surface area contributed by atoms with Crippen LogP contribution in [0.25, 0.3) is 0 Å².